The first-order valence-corrected chi connectivity index (χ1v) is 7.67. The van der Waals surface area contributed by atoms with Crippen LogP contribution >= 0.6 is 15.9 Å². The lowest BCUT2D eigenvalue weighted by atomic mass is 10.2. The molecular formula is C14H14BrNOS. The lowest BCUT2D eigenvalue weighted by molar-refractivity contribution is 0.682. The van der Waals surface area contributed by atoms with Gasteiger partial charge in [0.2, 0.25) is 0 Å². The Morgan fingerprint density at radius 3 is 2.61 bits per heavy atom. The van der Waals surface area contributed by atoms with Crippen LogP contribution in [0.15, 0.2) is 51.8 Å². The molecule has 0 radical (unpaired) electrons. The quantitative estimate of drug-likeness (QED) is 0.876. The first-order valence-electron chi connectivity index (χ1n) is 5.56. The molecule has 0 spiro atoms. The molecule has 0 fully saturated rings. The molecule has 0 bridgehead atoms. The topological polar surface area (TPSA) is 43.1 Å². The fourth-order valence-electron chi connectivity index (χ4n) is 1.63. The largest absolute Gasteiger partial charge is 0.399 e. The van der Waals surface area contributed by atoms with Crippen LogP contribution in [0.3, 0.4) is 0 Å². The molecule has 1 atom stereocenters. The summed E-state index contributed by atoms with van der Waals surface area (Å²) in [5.74, 6) is 0.505. The van der Waals surface area contributed by atoms with Gasteiger partial charge in [0.1, 0.15) is 0 Å². The molecule has 0 aromatic heterocycles. The Hall–Kier alpha value is -1.13. The number of nitrogen functional groups attached to an aromatic ring is 1. The van der Waals surface area contributed by atoms with Crippen LogP contribution < -0.4 is 5.73 Å². The van der Waals surface area contributed by atoms with E-state index in [0.717, 1.165) is 26.2 Å². The van der Waals surface area contributed by atoms with Crippen molar-refractivity contribution in [3.05, 3.63) is 58.1 Å². The molecule has 1 unspecified atom stereocenters. The van der Waals surface area contributed by atoms with Crippen LogP contribution in [0.5, 0.6) is 0 Å². The van der Waals surface area contributed by atoms with Gasteiger partial charge in [-0.2, -0.15) is 0 Å². The van der Waals surface area contributed by atoms with E-state index in [1.165, 1.54) is 0 Å². The second-order valence-corrected chi connectivity index (χ2v) is 6.41. The first-order chi connectivity index (χ1) is 8.58. The maximum Gasteiger partial charge on any atom is 0.0574 e. The average Bonchev–Trinajstić information content (AvgIpc) is 2.35. The SMILES string of the molecule is Cc1cc(S(=O)Cc2ccccc2Br)ccc1N. The zero-order valence-corrected chi connectivity index (χ0v) is 12.4. The molecule has 94 valence electrons. The average molecular weight is 324 g/mol. The highest BCUT2D eigenvalue weighted by Crippen LogP contribution is 2.22. The Bertz CT molecular complexity index is 598. The van der Waals surface area contributed by atoms with Crippen molar-refractivity contribution < 1.29 is 4.21 Å². The van der Waals surface area contributed by atoms with Gasteiger partial charge >= 0.3 is 0 Å². The van der Waals surface area contributed by atoms with Gasteiger partial charge < -0.3 is 5.73 Å². The molecule has 0 aliphatic carbocycles. The molecule has 18 heavy (non-hydrogen) atoms. The summed E-state index contributed by atoms with van der Waals surface area (Å²) < 4.78 is 13.3. The fraction of sp³-hybridized carbons (Fsp3) is 0.143. The molecular weight excluding hydrogens is 310 g/mol. The summed E-state index contributed by atoms with van der Waals surface area (Å²) in [6.07, 6.45) is 0. The number of anilines is 1. The lowest BCUT2D eigenvalue weighted by Gasteiger charge is -2.07. The van der Waals surface area contributed by atoms with Crippen LogP contribution in [-0.4, -0.2) is 4.21 Å². The molecule has 0 amide bonds. The number of hydrogen-bond acceptors (Lipinski definition) is 2. The lowest BCUT2D eigenvalue weighted by Crippen LogP contribution is -1.99. The number of hydrogen-bond donors (Lipinski definition) is 1. The highest BCUT2D eigenvalue weighted by atomic mass is 79.9. The fourth-order valence-corrected chi connectivity index (χ4v) is 3.47. The summed E-state index contributed by atoms with van der Waals surface area (Å²) in [5.41, 5.74) is 8.50. The summed E-state index contributed by atoms with van der Waals surface area (Å²) in [6.45, 7) is 1.93. The van der Waals surface area contributed by atoms with Gasteiger partial charge in [0.15, 0.2) is 0 Å². The number of rotatable bonds is 3. The summed E-state index contributed by atoms with van der Waals surface area (Å²) in [7, 11) is -1.05. The second kappa shape index (κ2) is 5.67. The third-order valence-corrected chi connectivity index (χ3v) is 4.88. The Kier molecular flexibility index (Phi) is 4.19. The monoisotopic (exact) mass is 323 g/mol. The molecule has 4 heteroatoms. The smallest absolute Gasteiger partial charge is 0.0574 e. The number of aryl methyl sites for hydroxylation is 1. The normalized spacial score (nSPS) is 12.3. The van der Waals surface area contributed by atoms with Gasteiger partial charge in [-0.1, -0.05) is 34.1 Å². The van der Waals surface area contributed by atoms with Crippen molar-refractivity contribution in [1.29, 1.82) is 0 Å². The molecule has 2 aromatic rings. The van der Waals surface area contributed by atoms with E-state index in [4.69, 9.17) is 5.73 Å². The second-order valence-electron chi connectivity index (χ2n) is 4.10. The molecule has 0 aliphatic rings. The zero-order chi connectivity index (χ0) is 13.1. The third kappa shape index (κ3) is 3.00. The summed E-state index contributed by atoms with van der Waals surface area (Å²) in [5, 5.41) is 0. The van der Waals surface area contributed by atoms with Gasteiger partial charge in [-0.05, 0) is 42.3 Å². The van der Waals surface area contributed by atoms with Crippen molar-refractivity contribution >= 4 is 32.4 Å². The molecule has 0 heterocycles. The first kappa shape index (κ1) is 13.3. The molecule has 2 aromatic carbocycles. The molecule has 0 saturated carbocycles. The number of nitrogens with two attached hydrogens (primary N) is 1. The predicted molar refractivity (Wildman–Crippen MR) is 79.8 cm³/mol. The Morgan fingerprint density at radius 2 is 1.94 bits per heavy atom. The molecule has 2 N–H and O–H groups in total. The van der Waals surface area contributed by atoms with Crippen LogP contribution in [0.25, 0.3) is 0 Å². The van der Waals surface area contributed by atoms with E-state index in [9.17, 15) is 4.21 Å². The minimum absolute atomic E-state index is 0.505. The molecule has 2 rings (SSSR count). The van der Waals surface area contributed by atoms with E-state index in [2.05, 4.69) is 15.9 Å². The Balaban J connectivity index is 2.22. The van der Waals surface area contributed by atoms with Crippen molar-refractivity contribution in [3.63, 3.8) is 0 Å². The highest BCUT2D eigenvalue weighted by Gasteiger charge is 2.08. The van der Waals surface area contributed by atoms with E-state index in [-0.39, 0.29) is 0 Å². The van der Waals surface area contributed by atoms with E-state index in [0.29, 0.717) is 5.75 Å². The van der Waals surface area contributed by atoms with Gasteiger partial charge in [0.05, 0.1) is 16.6 Å². The van der Waals surface area contributed by atoms with Gasteiger partial charge in [-0.3, -0.25) is 4.21 Å². The summed E-state index contributed by atoms with van der Waals surface area (Å²) in [6, 6.07) is 13.4. The minimum atomic E-state index is -1.05. The van der Waals surface area contributed by atoms with Crippen LogP contribution in [-0.2, 0) is 16.6 Å². The van der Waals surface area contributed by atoms with Gasteiger partial charge in [0, 0.05) is 15.1 Å². The maximum absolute atomic E-state index is 12.3. The van der Waals surface area contributed by atoms with Gasteiger partial charge in [0.25, 0.3) is 0 Å². The van der Waals surface area contributed by atoms with Gasteiger partial charge in [-0.15, -0.1) is 0 Å². The standard InChI is InChI=1S/C14H14BrNOS/c1-10-8-12(6-7-14(10)16)18(17)9-11-4-2-3-5-13(11)15/h2-8H,9,16H2,1H3. The Morgan fingerprint density at radius 1 is 1.22 bits per heavy atom. The van der Waals surface area contributed by atoms with E-state index in [1.54, 1.807) is 0 Å². The molecule has 0 saturated heterocycles. The highest BCUT2D eigenvalue weighted by molar-refractivity contribution is 9.10. The van der Waals surface area contributed by atoms with Crippen LogP contribution in [0.1, 0.15) is 11.1 Å². The zero-order valence-electron chi connectivity index (χ0n) is 10.0. The predicted octanol–water partition coefficient (Wildman–Crippen LogP) is 3.65. The minimum Gasteiger partial charge on any atom is -0.399 e. The van der Waals surface area contributed by atoms with Crippen molar-refractivity contribution in [2.24, 2.45) is 0 Å². The van der Waals surface area contributed by atoms with E-state index in [1.807, 2.05) is 49.4 Å². The van der Waals surface area contributed by atoms with Crippen molar-refractivity contribution in [2.75, 3.05) is 5.73 Å². The van der Waals surface area contributed by atoms with Crippen LogP contribution in [0.2, 0.25) is 0 Å². The van der Waals surface area contributed by atoms with Gasteiger partial charge in [-0.25, -0.2) is 0 Å². The molecule has 2 nitrogen and oxygen atoms in total. The Labute approximate surface area is 118 Å². The van der Waals surface area contributed by atoms with Crippen molar-refractivity contribution in [1.82, 2.24) is 0 Å². The third-order valence-electron chi connectivity index (χ3n) is 2.75. The van der Waals surface area contributed by atoms with Crippen LogP contribution in [0.4, 0.5) is 5.69 Å². The van der Waals surface area contributed by atoms with Crippen molar-refractivity contribution in [2.45, 2.75) is 17.6 Å². The maximum atomic E-state index is 12.3. The summed E-state index contributed by atoms with van der Waals surface area (Å²) >= 11 is 3.47. The summed E-state index contributed by atoms with van der Waals surface area (Å²) in [4.78, 5) is 0.817. The van der Waals surface area contributed by atoms with E-state index < -0.39 is 10.8 Å². The van der Waals surface area contributed by atoms with E-state index >= 15 is 0 Å². The van der Waals surface area contributed by atoms with Crippen LogP contribution in [0, 0.1) is 6.92 Å². The molecule has 0 aliphatic heterocycles. The number of benzene rings is 2. The van der Waals surface area contributed by atoms with Crippen molar-refractivity contribution in [3.8, 4) is 0 Å². The number of halogens is 1.